The minimum absolute atomic E-state index is 0.115. The van der Waals surface area contributed by atoms with E-state index in [2.05, 4.69) is 14.9 Å². The van der Waals surface area contributed by atoms with E-state index in [0.29, 0.717) is 37.7 Å². The van der Waals surface area contributed by atoms with Crippen LogP contribution < -0.4 is 9.64 Å². The van der Waals surface area contributed by atoms with Gasteiger partial charge in [-0.3, -0.25) is 4.79 Å². The highest BCUT2D eigenvalue weighted by Crippen LogP contribution is 2.24. The summed E-state index contributed by atoms with van der Waals surface area (Å²) in [6.45, 7) is 5.97. The van der Waals surface area contributed by atoms with Gasteiger partial charge in [0.15, 0.2) is 0 Å². The van der Waals surface area contributed by atoms with E-state index in [-0.39, 0.29) is 17.8 Å². The summed E-state index contributed by atoms with van der Waals surface area (Å²) in [4.78, 5) is 24.3. The van der Waals surface area contributed by atoms with Crippen molar-refractivity contribution in [2.45, 2.75) is 26.3 Å². The summed E-state index contributed by atoms with van der Waals surface area (Å²) in [5.41, 5.74) is 0. The van der Waals surface area contributed by atoms with E-state index in [1.807, 2.05) is 18.7 Å². The van der Waals surface area contributed by atoms with Crippen molar-refractivity contribution in [3.05, 3.63) is 42.5 Å². The van der Waals surface area contributed by atoms with Crippen LogP contribution in [0.15, 0.2) is 36.7 Å². The van der Waals surface area contributed by atoms with Crippen molar-refractivity contribution < 1.29 is 13.9 Å². The van der Waals surface area contributed by atoms with Gasteiger partial charge < -0.3 is 14.5 Å². The number of benzene rings is 1. The molecule has 0 saturated carbocycles. The molecular formula is C18H21FN4O2. The fourth-order valence-corrected chi connectivity index (χ4v) is 2.95. The van der Waals surface area contributed by atoms with Crippen LogP contribution in [0, 0.1) is 5.82 Å². The highest BCUT2D eigenvalue weighted by molar-refractivity contribution is 5.76. The largest absolute Gasteiger partial charge is 0.439 e. The molecule has 1 aromatic carbocycles. The average molecular weight is 344 g/mol. The zero-order valence-corrected chi connectivity index (χ0v) is 14.4. The summed E-state index contributed by atoms with van der Waals surface area (Å²) in [5.74, 6) is 1.28. The number of halogens is 1. The number of aromatic nitrogens is 2. The van der Waals surface area contributed by atoms with Crippen molar-refractivity contribution in [3.63, 3.8) is 0 Å². The molecule has 1 saturated heterocycles. The van der Waals surface area contributed by atoms with E-state index in [9.17, 15) is 9.18 Å². The van der Waals surface area contributed by atoms with Crippen molar-refractivity contribution in [2.24, 2.45) is 0 Å². The molecule has 2 aromatic rings. The number of anilines is 1. The van der Waals surface area contributed by atoms with E-state index in [1.165, 1.54) is 18.5 Å². The van der Waals surface area contributed by atoms with E-state index < -0.39 is 0 Å². The Balaban J connectivity index is 1.71. The van der Waals surface area contributed by atoms with Crippen LogP contribution in [-0.2, 0) is 4.79 Å². The first-order valence-electron chi connectivity index (χ1n) is 8.36. The zero-order valence-electron chi connectivity index (χ0n) is 14.4. The second kappa shape index (κ2) is 7.46. The monoisotopic (exact) mass is 344 g/mol. The Bertz CT molecular complexity index is 755. The summed E-state index contributed by atoms with van der Waals surface area (Å²) in [6.07, 6.45) is 1.95. The molecule has 7 heteroatoms. The Kier molecular flexibility index (Phi) is 5.11. The molecular weight excluding hydrogens is 323 g/mol. The fraction of sp³-hybridized carbons (Fsp3) is 0.389. The number of hydrogen-bond donors (Lipinski definition) is 0. The SMILES string of the molecule is CCC(=O)N1CCN(c2cc(Oc3cccc(F)c3)ncn2)CC1C. The summed E-state index contributed by atoms with van der Waals surface area (Å²) in [6, 6.07) is 7.76. The van der Waals surface area contributed by atoms with Gasteiger partial charge in [-0.15, -0.1) is 0 Å². The Labute approximate surface area is 146 Å². The molecule has 0 N–H and O–H groups in total. The predicted molar refractivity (Wildman–Crippen MR) is 92.2 cm³/mol. The lowest BCUT2D eigenvalue weighted by atomic mass is 10.1. The van der Waals surface area contributed by atoms with Crippen LogP contribution in [0.1, 0.15) is 20.3 Å². The van der Waals surface area contributed by atoms with Crippen LogP contribution in [0.25, 0.3) is 0 Å². The number of nitrogens with zero attached hydrogens (tertiary/aromatic N) is 4. The van der Waals surface area contributed by atoms with E-state index in [1.54, 1.807) is 18.2 Å². The Hall–Kier alpha value is -2.70. The minimum atomic E-state index is -0.364. The van der Waals surface area contributed by atoms with Gasteiger partial charge in [-0.25, -0.2) is 14.4 Å². The minimum Gasteiger partial charge on any atom is -0.439 e. The van der Waals surface area contributed by atoms with Crippen molar-refractivity contribution >= 4 is 11.7 Å². The van der Waals surface area contributed by atoms with Gasteiger partial charge in [-0.1, -0.05) is 13.0 Å². The summed E-state index contributed by atoms with van der Waals surface area (Å²) in [7, 11) is 0. The maximum absolute atomic E-state index is 13.3. The summed E-state index contributed by atoms with van der Waals surface area (Å²) in [5, 5.41) is 0. The standard InChI is InChI=1S/C18H21FN4O2/c1-3-18(24)23-8-7-22(11-13(23)2)16-10-17(21-12-20-16)25-15-6-4-5-14(19)9-15/h4-6,9-10,12-13H,3,7-8,11H2,1-2H3. The molecule has 25 heavy (non-hydrogen) atoms. The van der Waals surface area contributed by atoms with Crippen LogP contribution in [-0.4, -0.2) is 46.5 Å². The topological polar surface area (TPSA) is 58.6 Å². The second-order valence-corrected chi connectivity index (χ2v) is 6.01. The second-order valence-electron chi connectivity index (χ2n) is 6.01. The van der Waals surface area contributed by atoms with Crippen LogP contribution in [0.4, 0.5) is 10.2 Å². The molecule has 0 spiro atoms. The van der Waals surface area contributed by atoms with Crippen LogP contribution in [0.3, 0.4) is 0 Å². The number of piperazine rings is 1. The van der Waals surface area contributed by atoms with E-state index in [4.69, 9.17) is 4.74 Å². The first-order chi connectivity index (χ1) is 12.1. The normalized spacial score (nSPS) is 17.5. The molecule has 3 rings (SSSR count). The van der Waals surface area contributed by atoms with Gasteiger partial charge in [0.05, 0.1) is 0 Å². The number of carbonyl (C=O) groups is 1. The molecule has 1 aromatic heterocycles. The lowest BCUT2D eigenvalue weighted by Gasteiger charge is -2.40. The van der Waals surface area contributed by atoms with Crippen molar-refractivity contribution in [1.29, 1.82) is 0 Å². The maximum Gasteiger partial charge on any atom is 0.224 e. The molecule has 1 amide bonds. The first kappa shape index (κ1) is 17.1. The molecule has 0 bridgehead atoms. The van der Waals surface area contributed by atoms with Crippen LogP contribution in [0.5, 0.6) is 11.6 Å². The van der Waals surface area contributed by atoms with Gasteiger partial charge in [-0.2, -0.15) is 0 Å². The smallest absolute Gasteiger partial charge is 0.224 e. The molecule has 1 aliphatic heterocycles. The third-order valence-electron chi connectivity index (χ3n) is 4.22. The van der Waals surface area contributed by atoms with Gasteiger partial charge in [0.1, 0.15) is 23.7 Å². The lowest BCUT2D eigenvalue weighted by molar-refractivity contribution is -0.133. The van der Waals surface area contributed by atoms with E-state index in [0.717, 1.165) is 5.82 Å². The molecule has 2 heterocycles. The van der Waals surface area contributed by atoms with Gasteiger partial charge in [0.25, 0.3) is 0 Å². The Morgan fingerprint density at radius 3 is 2.88 bits per heavy atom. The van der Waals surface area contributed by atoms with Gasteiger partial charge in [0, 0.05) is 44.2 Å². The van der Waals surface area contributed by atoms with Crippen molar-refractivity contribution in [2.75, 3.05) is 24.5 Å². The molecule has 1 fully saturated rings. The molecule has 132 valence electrons. The molecule has 0 aliphatic carbocycles. The predicted octanol–water partition coefficient (Wildman–Crippen LogP) is 2.86. The maximum atomic E-state index is 13.3. The first-order valence-corrected chi connectivity index (χ1v) is 8.36. The number of hydrogen-bond acceptors (Lipinski definition) is 5. The third-order valence-corrected chi connectivity index (χ3v) is 4.22. The zero-order chi connectivity index (χ0) is 17.8. The number of rotatable bonds is 4. The third kappa shape index (κ3) is 4.04. The van der Waals surface area contributed by atoms with Gasteiger partial charge in [-0.05, 0) is 19.1 Å². The van der Waals surface area contributed by atoms with E-state index >= 15 is 0 Å². The van der Waals surface area contributed by atoms with Crippen LogP contribution in [0.2, 0.25) is 0 Å². The molecule has 1 atom stereocenters. The molecule has 0 radical (unpaired) electrons. The Morgan fingerprint density at radius 2 is 2.16 bits per heavy atom. The number of carbonyl (C=O) groups excluding carboxylic acids is 1. The molecule has 6 nitrogen and oxygen atoms in total. The fourth-order valence-electron chi connectivity index (χ4n) is 2.95. The molecule has 1 unspecified atom stereocenters. The summed E-state index contributed by atoms with van der Waals surface area (Å²) < 4.78 is 18.9. The average Bonchev–Trinajstić information content (AvgIpc) is 2.61. The summed E-state index contributed by atoms with van der Waals surface area (Å²) >= 11 is 0. The van der Waals surface area contributed by atoms with Crippen molar-refractivity contribution in [3.8, 4) is 11.6 Å². The Morgan fingerprint density at radius 1 is 1.32 bits per heavy atom. The van der Waals surface area contributed by atoms with Gasteiger partial charge in [0.2, 0.25) is 11.8 Å². The number of ether oxygens (including phenoxy) is 1. The van der Waals surface area contributed by atoms with Crippen LogP contribution >= 0.6 is 0 Å². The quantitative estimate of drug-likeness (QED) is 0.854. The van der Waals surface area contributed by atoms with Crippen molar-refractivity contribution in [1.82, 2.24) is 14.9 Å². The highest BCUT2D eigenvalue weighted by Gasteiger charge is 2.27. The number of amides is 1. The lowest BCUT2D eigenvalue weighted by Crippen LogP contribution is -2.54. The molecule has 1 aliphatic rings. The highest BCUT2D eigenvalue weighted by atomic mass is 19.1. The van der Waals surface area contributed by atoms with Gasteiger partial charge >= 0.3 is 0 Å².